The predicted molar refractivity (Wildman–Crippen MR) is 123 cm³/mol. The van der Waals surface area contributed by atoms with E-state index in [0.29, 0.717) is 16.9 Å². The topological polar surface area (TPSA) is 66.8 Å². The molecule has 3 rings (SSSR count). The molecular formula is C25H27NO4S. The average molecular weight is 438 g/mol. The van der Waals surface area contributed by atoms with E-state index in [4.69, 9.17) is 4.74 Å². The fraction of sp³-hybridized carbons (Fsp3) is 0.200. The number of hydrogen-bond acceptors (Lipinski definition) is 4. The van der Waals surface area contributed by atoms with Gasteiger partial charge in [0.25, 0.3) is 0 Å². The van der Waals surface area contributed by atoms with Crippen LogP contribution in [-0.2, 0) is 10.0 Å². The summed E-state index contributed by atoms with van der Waals surface area (Å²) in [5, 5.41) is 10.8. The van der Waals surface area contributed by atoms with Crippen LogP contribution < -0.4 is 4.74 Å². The molecule has 0 aliphatic heterocycles. The third-order valence-electron chi connectivity index (χ3n) is 5.09. The van der Waals surface area contributed by atoms with Crippen molar-refractivity contribution in [3.05, 3.63) is 102 Å². The first-order valence-corrected chi connectivity index (χ1v) is 11.4. The minimum atomic E-state index is -3.85. The van der Waals surface area contributed by atoms with Gasteiger partial charge < -0.3 is 9.84 Å². The molecule has 0 amide bonds. The Kier molecular flexibility index (Phi) is 7.28. The van der Waals surface area contributed by atoms with Crippen LogP contribution in [0.25, 0.3) is 5.57 Å². The van der Waals surface area contributed by atoms with Gasteiger partial charge in [-0.05, 0) is 47.9 Å². The van der Waals surface area contributed by atoms with Crippen molar-refractivity contribution in [3.8, 4) is 5.75 Å². The number of benzene rings is 3. The summed E-state index contributed by atoms with van der Waals surface area (Å²) in [5.74, 6) is 0.664. The number of ether oxygens (including phenoxy) is 1. The van der Waals surface area contributed by atoms with Gasteiger partial charge >= 0.3 is 0 Å². The molecule has 1 atom stereocenters. The molecule has 3 aromatic carbocycles. The summed E-state index contributed by atoms with van der Waals surface area (Å²) in [6.45, 7) is 5.95. The zero-order valence-corrected chi connectivity index (χ0v) is 18.5. The van der Waals surface area contributed by atoms with E-state index in [0.717, 1.165) is 11.1 Å². The first kappa shape index (κ1) is 22.7. The Morgan fingerprint density at radius 1 is 1.00 bits per heavy atom. The SMILES string of the molecule is C=C(CN(CC(O)c1ccc(OC)cc1)S(=O)(=O)c1ccc(C)cc1)c1ccccc1. The van der Waals surface area contributed by atoms with Gasteiger partial charge in [0.15, 0.2) is 0 Å². The number of aliphatic hydroxyl groups is 1. The van der Waals surface area contributed by atoms with Crippen molar-refractivity contribution < 1.29 is 18.3 Å². The minimum absolute atomic E-state index is 0.0629. The van der Waals surface area contributed by atoms with Crippen LogP contribution in [-0.4, -0.2) is 38.0 Å². The summed E-state index contributed by atoms with van der Waals surface area (Å²) in [5.41, 5.74) is 3.08. The van der Waals surface area contributed by atoms with E-state index in [1.54, 1.807) is 55.6 Å². The quantitative estimate of drug-likeness (QED) is 0.537. The number of rotatable bonds is 9. The molecule has 162 valence electrons. The van der Waals surface area contributed by atoms with Crippen LogP contribution >= 0.6 is 0 Å². The monoisotopic (exact) mass is 437 g/mol. The van der Waals surface area contributed by atoms with Crippen molar-refractivity contribution in [2.24, 2.45) is 0 Å². The Balaban J connectivity index is 1.90. The van der Waals surface area contributed by atoms with E-state index >= 15 is 0 Å². The van der Waals surface area contributed by atoms with Gasteiger partial charge in [0.1, 0.15) is 5.75 Å². The number of nitrogens with zero attached hydrogens (tertiary/aromatic N) is 1. The van der Waals surface area contributed by atoms with Crippen LogP contribution in [0.1, 0.15) is 22.8 Å². The highest BCUT2D eigenvalue weighted by Crippen LogP contribution is 2.25. The number of methoxy groups -OCH3 is 1. The van der Waals surface area contributed by atoms with Crippen molar-refractivity contribution in [1.29, 1.82) is 0 Å². The molecule has 0 saturated carbocycles. The first-order valence-electron chi connectivity index (χ1n) is 9.93. The maximum absolute atomic E-state index is 13.4. The molecule has 0 aliphatic rings. The lowest BCUT2D eigenvalue weighted by Gasteiger charge is -2.26. The Labute approximate surface area is 184 Å². The number of aryl methyl sites for hydroxylation is 1. The second-order valence-electron chi connectivity index (χ2n) is 7.37. The molecule has 0 aliphatic carbocycles. The van der Waals surface area contributed by atoms with Crippen LogP contribution in [0, 0.1) is 6.92 Å². The Hall–Kier alpha value is -2.93. The first-order chi connectivity index (χ1) is 14.8. The lowest BCUT2D eigenvalue weighted by atomic mass is 10.1. The van der Waals surface area contributed by atoms with Gasteiger partial charge in [-0.15, -0.1) is 0 Å². The lowest BCUT2D eigenvalue weighted by molar-refractivity contribution is 0.151. The molecule has 0 saturated heterocycles. The normalized spacial score (nSPS) is 12.5. The molecule has 5 nitrogen and oxygen atoms in total. The van der Waals surface area contributed by atoms with Crippen LogP contribution in [0.2, 0.25) is 0 Å². The summed E-state index contributed by atoms with van der Waals surface area (Å²) in [6, 6.07) is 23.1. The van der Waals surface area contributed by atoms with Gasteiger partial charge in [-0.3, -0.25) is 0 Å². The van der Waals surface area contributed by atoms with Gasteiger partial charge in [0.2, 0.25) is 10.0 Å². The van der Waals surface area contributed by atoms with Crippen molar-refractivity contribution in [1.82, 2.24) is 4.31 Å². The maximum Gasteiger partial charge on any atom is 0.243 e. The van der Waals surface area contributed by atoms with E-state index < -0.39 is 16.1 Å². The van der Waals surface area contributed by atoms with Crippen molar-refractivity contribution in [2.45, 2.75) is 17.9 Å². The highest BCUT2D eigenvalue weighted by atomic mass is 32.2. The lowest BCUT2D eigenvalue weighted by Crippen LogP contribution is -2.36. The van der Waals surface area contributed by atoms with Gasteiger partial charge in [-0.25, -0.2) is 8.42 Å². The standard InChI is InChI=1S/C25H27NO4S/c1-19-9-15-24(16-10-19)31(28,29)26(17-20(2)21-7-5-4-6-8-21)18-25(27)22-11-13-23(30-3)14-12-22/h4-16,25,27H,2,17-18H2,1,3H3. The predicted octanol–water partition coefficient (Wildman–Crippen LogP) is 4.44. The minimum Gasteiger partial charge on any atom is -0.497 e. The number of sulfonamides is 1. The highest BCUT2D eigenvalue weighted by molar-refractivity contribution is 7.89. The molecule has 1 N–H and O–H groups in total. The Bertz CT molecular complexity index is 1110. The summed E-state index contributed by atoms with van der Waals surface area (Å²) in [4.78, 5) is 0.181. The fourth-order valence-corrected chi connectivity index (χ4v) is 4.65. The third kappa shape index (κ3) is 5.61. The summed E-state index contributed by atoms with van der Waals surface area (Å²) >= 11 is 0. The molecule has 3 aromatic rings. The van der Waals surface area contributed by atoms with Crippen molar-refractivity contribution >= 4 is 15.6 Å². The van der Waals surface area contributed by atoms with E-state index in [1.165, 1.54) is 4.31 Å². The fourth-order valence-electron chi connectivity index (χ4n) is 3.21. The van der Waals surface area contributed by atoms with Crippen LogP contribution in [0.15, 0.2) is 90.3 Å². The van der Waals surface area contributed by atoms with Crippen molar-refractivity contribution in [3.63, 3.8) is 0 Å². The Morgan fingerprint density at radius 2 is 1.61 bits per heavy atom. The maximum atomic E-state index is 13.4. The van der Waals surface area contributed by atoms with E-state index in [-0.39, 0.29) is 18.0 Å². The van der Waals surface area contributed by atoms with E-state index in [9.17, 15) is 13.5 Å². The van der Waals surface area contributed by atoms with Crippen molar-refractivity contribution in [2.75, 3.05) is 20.2 Å². The summed E-state index contributed by atoms with van der Waals surface area (Å²) in [7, 11) is -2.28. The molecule has 0 aromatic heterocycles. The molecule has 0 radical (unpaired) electrons. The largest absolute Gasteiger partial charge is 0.497 e. The highest BCUT2D eigenvalue weighted by Gasteiger charge is 2.28. The van der Waals surface area contributed by atoms with Crippen LogP contribution in [0.5, 0.6) is 5.75 Å². The van der Waals surface area contributed by atoms with Gasteiger partial charge in [-0.1, -0.05) is 66.7 Å². The van der Waals surface area contributed by atoms with Crippen LogP contribution in [0.3, 0.4) is 0 Å². The van der Waals surface area contributed by atoms with Gasteiger partial charge in [0.05, 0.1) is 18.1 Å². The molecule has 0 spiro atoms. The van der Waals surface area contributed by atoms with Gasteiger partial charge in [-0.2, -0.15) is 4.31 Å². The van der Waals surface area contributed by atoms with Crippen LogP contribution in [0.4, 0.5) is 0 Å². The number of aliphatic hydroxyl groups excluding tert-OH is 1. The Morgan fingerprint density at radius 3 is 2.19 bits per heavy atom. The molecule has 0 heterocycles. The third-order valence-corrected chi connectivity index (χ3v) is 6.91. The molecular weight excluding hydrogens is 410 g/mol. The second-order valence-corrected chi connectivity index (χ2v) is 9.31. The molecule has 6 heteroatoms. The molecule has 31 heavy (non-hydrogen) atoms. The molecule has 0 fully saturated rings. The molecule has 1 unspecified atom stereocenters. The van der Waals surface area contributed by atoms with Gasteiger partial charge in [0, 0.05) is 13.1 Å². The summed E-state index contributed by atoms with van der Waals surface area (Å²) < 4.78 is 33.3. The van der Waals surface area contributed by atoms with E-state index in [1.807, 2.05) is 37.3 Å². The smallest absolute Gasteiger partial charge is 0.243 e. The van der Waals surface area contributed by atoms with E-state index in [2.05, 4.69) is 6.58 Å². The zero-order chi connectivity index (χ0) is 22.4. The number of hydrogen-bond donors (Lipinski definition) is 1. The zero-order valence-electron chi connectivity index (χ0n) is 17.7. The summed E-state index contributed by atoms with van der Waals surface area (Å²) in [6.07, 6.45) is -1.00. The second kappa shape index (κ2) is 9.92. The average Bonchev–Trinajstić information content (AvgIpc) is 2.79. The molecule has 0 bridgehead atoms.